The molecular formula is C16H15N3S. The quantitative estimate of drug-likeness (QED) is 0.780. The average Bonchev–Trinajstić information content (AvgIpc) is 3.03. The summed E-state index contributed by atoms with van der Waals surface area (Å²) in [6.45, 7) is 2.10. The van der Waals surface area contributed by atoms with Gasteiger partial charge in [0, 0.05) is 6.04 Å². The first-order chi connectivity index (χ1) is 9.81. The molecule has 3 aromatic rings. The van der Waals surface area contributed by atoms with E-state index in [0.717, 1.165) is 24.2 Å². The number of hydrogen-bond donors (Lipinski definition) is 1. The molecule has 2 aromatic heterocycles. The number of aryl methyl sites for hydroxylation is 1. The average molecular weight is 281 g/mol. The Morgan fingerprint density at radius 2 is 1.90 bits per heavy atom. The third-order valence-electron chi connectivity index (χ3n) is 3.92. The molecule has 0 saturated carbocycles. The van der Waals surface area contributed by atoms with Crippen LogP contribution in [0.4, 0.5) is 5.82 Å². The van der Waals surface area contributed by atoms with Crippen LogP contribution in [0.1, 0.15) is 16.7 Å². The fourth-order valence-electron chi connectivity index (χ4n) is 2.93. The van der Waals surface area contributed by atoms with Crippen molar-refractivity contribution in [1.29, 1.82) is 0 Å². The smallest absolute Gasteiger partial charge is 0.147 e. The second-order valence-electron chi connectivity index (χ2n) is 5.34. The highest BCUT2D eigenvalue weighted by Gasteiger charge is 2.22. The molecule has 0 atom stereocenters. The highest BCUT2D eigenvalue weighted by molar-refractivity contribution is 7.18. The molecule has 1 N–H and O–H groups in total. The lowest BCUT2D eigenvalue weighted by Crippen LogP contribution is -2.20. The van der Waals surface area contributed by atoms with Crippen molar-refractivity contribution >= 4 is 27.4 Å². The molecule has 0 radical (unpaired) electrons. The van der Waals surface area contributed by atoms with Crippen LogP contribution in [-0.4, -0.2) is 16.0 Å². The van der Waals surface area contributed by atoms with Crippen LogP contribution in [0.3, 0.4) is 0 Å². The molecule has 3 nitrogen and oxygen atoms in total. The molecule has 100 valence electrons. The molecule has 1 aliphatic carbocycles. The number of hydrogen-bond acceptors (Lipinski definition) is 4. The van der Waals surface area contributed by atoms with E-state index in [1.807, 2.05) is 0 Å². The third-order valence-corrected chi connectivity index (χ3v) is 5.02. The van der Waals surface area contributed by atoms with E-state index < -0.39 is 0 Å². The van der Waals surface area contributed by atoms with Gasteiger partial charge in [-0.15, -0.1) is 11.3 Å². The van der Waals surface area contributed by atoms with Gasteiger partial charge in [0.1, 0.15) is 12.1 Å². The van der Waals surface area contributed by atoms with Crippen LogP contribution in [0.5, 0.6) is 0 Å². The van der Waals surface area contributed by atoms with Gasteiger partial charge in [-0.05, 0) is 41.8 Å². The van der Waals surface area contributed by atoms with Crippen LogP contribution in [0.2, 0.25) is 0 Å². The first-order valence-electron chi connectivity index (χ1n) is 6.83. The summed E-state index contributed by atoms with van der Waals surface area (Å²) in [4.78, 5) is 8.81. The maximum Gasteiger partial charge on any atom is 0.147 e. The van der Waals surface area contributed by atoms with Gasteiger partial charge >= 0.3 is 0 Å². The Balaban J connectivity index is 1.64. The first-order valence-corrected chi connectivity index (χ1v) is 7.71. The van der Waals surface area contributed by atoms with Crippen LogP contribution in [-0.2, 0) is 12.8 Å². The summed E-state index contributed by atoms with van der Waals surface area (Å²) in [6, 6.07) is 9.12. The van der Waals surface area contributed by atoms with Crippen molar-refractivity contribution in [2.75, 3.05) is 5.32 Å². The van der Waals surface area contributed by atoms with Crippen molar-refractivity contribution < 1.29 is 0 Å². The minimum atomic E-state index is 0.438. The molecule has 20 heavy (non-hydrogen) atoms. The molecule has 1 aliphatic rings. The highest BCUT2D eigenvalue weighted by Crippen LogP contribution is 2.31. The Bertz CT molecular complexity index is 753. The van der Waals surface area contributed by atoms with Crippen LogP contribution >= 0.6 is 11.3 Å². The molecule has 4 heteroatoms. The summed E-state index contributed by atoms with van der Waals surface area (Å²) < 4.78 is 1.17. The van der Waals surface area contributed by atoms with E-state index >= 15 is 0 Å². The van der Waals surface area contributed by atoms with Gasteiger partial charge in [-0.1, -0.05) is 24.3 Å². The van der Waals surface area contributed by atoms with Crippen molar-refractivity contribution in [2.24, 2.45) is 0 Å². The minimum Gasteiger partial charge on any atom is -0.365 e. The van der Waals surface area contributed by atoms with Gasteiger partial charge in [-0.3, -0.25) is 0 Å². The Morgan fingerprint density at radius 1 is 1.15 bits per heavy atom. The SMILES string of the molecule is Cc1csc2c(NC3Cc4ccccc4C3)ncnc12. The number of fused-ring (bicyclic) bond motifs is 2. The lowest BCUT2D eigenvalue weighted by Gasteiger charge is -2.13. The topological polar surface area (TPSA) is 37.8 Å². The number of aromatic nitrogens is 2. The zero-order chi connectivity index (χ0) is 13.5. The molecule has 0 aliphatic heterocycles. The molecular weight excluding hydrogens is 266 g/mol. The Labute approximate surface area is 121 Å². The number of benzene rings is 1. The predicted molar refractivity (Wildman–Crippen MR) is 83.4 cm³/mol. The van der Waals surface area contributed by atoms with Crippen molar-refractivity contribution in [2.45, 2.75) is 25.8 Å². The van der Waals surface area contributed by atoms with E-state index in [1.54, 1.807) is 17.7 Å². The third kappa shape index (κ3) is 1.88. The fourth-order valence-corrected chi connectivity index (χ4v) is 3.88. The van der Waals surface area contributed by atoms with Crippen LogP contribution in [0.15, 0.2) is 36.0 Å². The second-order valence-corrected chi connectivity index (χ2v) is 6.22. The standard InChI is InChI=1S/C16H15N3S/c1-10-8-20-15-14(10)17-9-18-16(15)19-13-6-11-4-2-3-5-12(11)7-13/h2-5,8-9,13H,6-7H2,1H3,(H,17,18,19). The molecule has 4 rings (SSSR count). The van der Waals surface area contributed by atoms with Crippen LogP contribution in [0, 0.1) is 6.92 Å². The van der Waals surface area contributed by atoms with E-state index in [9.17, 15) is 0 Å². The van der Waals surface area contributed by atoms with E-state index in [4.69, 9.17) is 0 Å². The first kappa shape index (κ1) is 11.9. The van der Waals surface area contributed by atoms with Crippen molar-refractivity contribution in [3.05, 3.63) is 52.7 Å². The van der Waals surface area contributed by atoms with Gasteiger partial charge in [0.05, 0.1) is 10.2 Å². The number of thiophene rings is 1. The summed E-state index contributed by atoms with van der Waals surface area (Å²) in [7, 11) is 0. The molecule has 0 unspecified atom stereocenters. The predicted octanol–water partition coefficient (Wildman–Crippen LogP) is 3.58. The van der Waals surface area contributed by atoms with Crippen LogP contribution in [0.25, 0.3) is 10.2 Å². The summed E-state index contributed by atoms with van der Waals surface area (Å²) in [5, 5.41) is 5.75. The monoisotopic (exact) mass is 281 g/mol. The van der Waals surface area contributed by atoms with Crippen molar-refractivity contribution in [3.63, 3.8) is 0 Å². The number of anilines is 1. The Morgan fingerprint density at radius 3 is 2.65 bits per heavy atom. The zero-order valence-corrected chi connectivity index (χ0v) is 12.1. The maximum atomic E-state index is 4.43. The van der Waals surface area contributed by atoms with Gasteiger partial charge in [0.15, 0.2) is 0 Å². The van der Waals surface area contributed by atoms with Gasteiger partial charge in [0.25, 0.3) is 0 Å². The van der Waals surface area contributed by atoms with Gasteiger partial charge in [0.2, 0.25) is 0 Å². The van der Waals surface area contributed by atoms with Gasteiger partial charge in [-0.2, -0.15) is 0 Å². The summed E-state index contributed by atoms with van der Waals surface area (Å²) >= 11 is 1.72. The molecule has 0 saturated heterocycles. The molecule has 0 amide bonds. The summed E-state index contributed by atoms with van der Waals surface area (Å²) in [5.41, 5.74) is 5.21. The second kappa shape index (κ2) is 4.56. The minimum absolute atomic E-state index is 0.438. The van der Waals surface area contributed by atoms with Gasteiger partial charge < -0.3 is 5.32 Å². The van der Waals surface area contributed by atoms with Crippen molar-refractivity contribution in [3.8, 4) is 0 Å². The summed E-state index contributed by atoms with van der Waals surface area (Å²) in [5.74, 6) is 0.978. The van der Waals surface area contributed by atoms with Gasteiger partial charge in [-0.25, -0.2) is 9.97 Å². The molecule has 1 aromatic carbocycles. The highest BCUT2D eigenvalue weighted by atomic mass is 32.1. The number of nitrogens with zero attached hydrogens (tertiary/aromatic N) is 2. The number of rotatable bonds is 2. The molecule has 2 heterocycles. The summed E-state index contributed by atoms with van der Waals surface area (Å²) in [6.07, 6.45) is 3.81. The fraction of sp³-hybridized carbons (Fsp3) is 0.250. The molecule has 0 spiro atoms. The maximum absolute atomic E-state index is 4.43. The lowest BCUT2D eigenvalue weighted by atomic mass is 10.1. The Hall–Kier alpha value is -1.94. The van der Waals surface area contributed by atoms with E-state index in [-0.39, 0.29) is 0 Å². The normalized spacial score (nSPS) is 14.7. The van der Waals surface area contributed by atoms with Crippen LogP contribution < -0.4 is 5.32 Å². The largest absolute Gasteiger partial charge is 0.365 e. The lowest BCUT2D eigenvalue weighted by molar-refractivity contribution is 0.770. The zero-order valence-electron chi connectivity index (χ0n) is 11.3. The van der Waals surface area contributed by atoms with E-state index in [1.165, 1.54) is 21.4 Å². The number of nitrogens with one attached hydrogen (secondary N) is 1. The molecule has 0 fully saturated rings. The Kier molecular flexibility index (Phi) is 2.70. The molecule has 0 bridgehead atoms. The van der Waals surface area contributed by atoms with E-state index in [2.05, 4.69) is 51.9 Å². The van der Waals surface area contributed by atoms with E-state index in [0.29, 0.717) is 6.04 Å². The van der Waals surface area contributed by atoms with Crippen molar-refractivity contribution in [1.82, 2.24) is 9.97 Å².